The van der Waals surface area contributed by atoms with Crippen molar-refractivity contribution in [2.75, 3.05) is 39.0 Å². The lowest BCUT2D eigenvalue weighted by Gasteiger charge is -2.23. The van der Waals surface area contributed by atoms with Crippen LogP contribution in [0.3, 0.4) is 0 Å². The molecule has 0 saturated carbocycles. The van der Waals surface area contributed by atoms with Crippen molar-refractivity contribution in [3.63, 3.8) is 0 Å². The van der Waals surface area contributed by atoms with Crippen LogP contribution >= 0.6 is 22.9 Å². The van der Waals surface area contributed by atoms with Crippen molar-refractivity contribution >= 4 is 38.9 Å². The van der Waals surface area contributed by atoms with E-state index in [1.807, 2.05) is 31.0 Å². The lowest BCUT2D eigenvalue weighted by atomic mass is 10.1. The summed E-state index contributed by atoms with van der Waals surface area (Å²) >= 11 is 7.50. The molecule has 0 amide bonds. The molecule has 154 valence electrons. The highest BCUT2D eigenvalue weighted by Crippen LogP contribution is 2.22. The standard InChI is InChI=1S/C17H29ClN4O3S2/c1-3-19-17(22(2)13-15-7-8-16(18)26-15)20-9-11-27(23,24)21-12-14-6-4-5-10-25-14/h7-8,14,21H,3-6,9-13H2,1-2H3,(H,19,20). The topological polar surface area (TPSA) is 83.0 Å². The maximum Gasteiger partial charge on any atom is 0.213 e. The Kier molecular flexibility index (Phi) is 9.31. The van der Waals surface area contributed by atoms with Gasteiger partial charge in [-0.1, -0.05) is 11.6 Å². The highest BCUT2D eigenvalue weighted by Gasteiger charge is 2.17. The molecular formula is C17H29ClN4O3S2. The summed E-state index contributed by atoms with van der Waals surface area (Å²) in [4.78, 5) is 7.53. The van der Waals surface area contributed by atoms with Gasteiger partial charge < -0.3 is 15.0 Å². The number of ether oxygens (including phenoxy) is 1. The van der Waals surface area contributed by atoms with Crippen LogP contribution in [0, 0.1) is 0 Å². The zero-order valence-corrected chi connectivity index (χ0v) is 18.3. The van der Waals surface area contributed by atoms with Crippen LogP contribution in [0.15, 0.2) is 17.1 Å². The molecule has 1 aromatic rings. The van der Waals surface area contributed by atoms with Gasteiger partial charge in [0.05, 0.1) is 29.3 Å². The van der Waals surface area contributed by atoms with Gasteiger partial charge in [0.1, 0.15) is 0 Å². The second-order valence-electron chi connectivity index (χ2n) is 6.45. The summed E-state index contributed by atoms with van der Waals surface area (Å²) in [5.74, 6) is 0.626. The molecule has 0 spiro atoms. The second-order valence-corrected chi connectivity index (χ2v) is 10.2. The first-order chi connectivity index (χ1) is 12.9. The average Bonchev–Trinajstić information content (AvgIpc) is 3.05. The third-order valence-electron chi connectivity index (χ3n) is 4.14. The van der Waals surface area contributed by atoms with Crippen LogP contribution in [0.4, 0.5) is 0 Å². The molecule has 1 aromatic heterocycles. The Balaban J connectivity index is 1.83. The van der Waals surface area contributed by atoms with Gasteiger partial charge in [0.25, 0.3) is 0 Å². The molecule has 1 atom stereocenters. The van der Waals surface area contributed by atoms with Crippen molar-refractivity contribution in [2.45, 2.75) is 38.8 Å². The molecule has 7 nitrogen and oxygen atoms in total. The van der Waals surface area contributed by atoms with Gasteiger partial charge in [0, 0.05) is 31.6 Å². The third kappa shape index (κ3) is 8.35. The maximum absolute atomic E-state index is 12.2. The van der Waals surface area contributed by atoms with Gasteiger partial charge in [-0.05, 0) is 38.3 Å². The predicted molar refractivity (Wildman–Crippen MR) is 112 cm³/mol. The Morgan fingerprint density at radius 3 is 2.89 bits per heavy atom. The number of halogens is 1. The molecule has 2 N–H and O–H groups in total. The number of nitrogens with one attached hydrogen (secondary N) is 2. The summed E-state index contributed by atoms with van der Waals surface area (Å²) in [5, 5.41) is 3.19. The van der Waals surface area contributed by atoms with E-state index >= 15 is 0 Å². The second kappa shape index (κ2) is 11.2. The number of nitrogens with zero attached hydrogens (tertiary/aromatic N) is 2. The van der Waals surface area contributed by atoms with Crippen LogP contribution in [-0.2, 0) is 21.3 Å². The van der Waals surface area contributed by atoms with Gasteiger partial charge in [0.15, 0.2) is 5.96 Å². The fraction of sp³-hybridized carbons (Fsp3) is 0.706. The molecule has 2 heterocycles. The Bertz CT molecular complexity index is 703. The highest BCUT2D eigenvalue weighted by atomic mass is 35.5. The van der Waals surface area contributed by atoms with Gasteiger partial charge in [-0.15, -0.1) is 11.3 Å². The first-order valence-electron chi connectivity index (χ1n) is 9.22. The molecule has 0 aromatic carbocycles. The van der Waals surface area contributed by atoms with Crippen LogP contribution < -0.4 is 10.0 Å². The van der Waals surface area contributed by atoms with Crippen molar-refractivity contribution in [2.24, 2.45) is 4.99 Å². The maximum atomic E-state index is 12.2. The van der Waals surface area contributed by atoms with Crippen molar-refractivity contribution in [1.29, 1.82) is 0 Å². The van der Waals surface area contributed by atoms with Crippen LogP contribution in [0.1, 0.15) is 31.1 Å². The summed E-state index contributed by atoms with van der Waals surface area (Å²) in [6, 6.07) is 3.85. The molecule has 0 radical (unpaired) electrons. The molecule has 1 fully saturated rings. The lowest BCUT2D eigenvalue weighted by Crippen LogP contribution is -2.39. The van der Waals surface area contributed by atoms with E-state index in [2.05, 4.69) is 15.0 Å². The minimum absolute atomic E-state index is 0.0156. The summed E-state index contributed by atoms with van der Waals surface area (Å²) in [6.45, 7) is 4.59. The minimum Gasteiger partial charge on any atom is -0.377 e. The molecule has 1 aliphatic rings. The molecular weight excluding hydrogens is 408 g/mol. The summed E-state index contributed by atoms with van der Waals surface area (Å²) in [5.41, 5.74) is 0. The molecule has 27 heavy (non-hydrogen) atoms. The fourth-order valence-electron chi connectivity index (χ4n) is 2.75. The SMILES string of the molecule is CCNC(=NCCS(=O)(=O)NCC1CCCCO1)N(C)Cc1ccc(Cl)s1. The molecule has 10 heteroatoms. The van der Waals surface area contributed by atoms with Crippen LogP contribution in [0.25, 0.3) is 0 Å². The number of aliphatic imine (C=N–C) groups is 1. The van der Waals surface area contributed by atoms with Gasteiger partial charge in [-0.3, -0.25) is 4.99 Å². The van der Waals surface area contributed by atoms with Crippen molar-refractivity contribution in [1.82, 2.24) is 14.9 Å². The first-order valence-corrected chi connectivity index (χ1v) is 12.1. The van der Waals surface area contributed by atoms with Gasteiger partial charge in [-0.25, -0.2) is 13.1 Å². The Labute approximate surface area is 171 Å². The van der Waals surface area contributed by atoms with E-state index in [-0.39, 0.29) is 18.4 Å². The third-order valence-corrected chi connectivity index (χ3v) is 6.69. The van der Waals surface area contributed by atoms with Crippen molar-refractivity contribution in [3.8, 4) is 0 Å². The molecule has 0 aliphatic carbocycles. The van der Waals surface area contributed by atoms with Crippen LogP contribution in [-0.4, -0.2) is 64.4 Å². The van der Waals surface area contributed by atoms with Gasteiger partial charge in [-0.2, -0.15) is 0 Å². The van der Waals surface area contributed by atoms with Gasteiger partial charge >= 0.3 is 0 Å². The number of guanidine groups is 1. The van der Waals surface area contributed by atoms with E-state index in [1.165, 1.54) is 11.3 Å². The summed E-state index contributed by atoms with van der Waals surface area (Å²) in [7, 11) is -1.45. The molecule has 2 rings (SSSR count). The van der Waals surface area contributed by atoms with E-state index in [9.17, 15) is 8.42 Å². The quantitative estimate of drug-likeness (QED) is 0.458. The first kappa shape index (κ1) is 22.4. The average molecular weight is 437 g/mol. The Morgan fingerprint density at radius 2 is 2.26 bits per heavy atom. The summed E-state index contributed by atoms with van der Waals surface area (Å²) in [6.07, 6.45) is 3.03. The lowest BCUT2D eigenvalue weighted by molar-refractivity contribution is 0.0200. The van der Waals surface area contributed by atoms with E-state index in [1.54, 1.807) is 0 Å². The van der Waals surface area contributed by atoms with E-state index < -0.39 is 10.0 Å². The number of hydrogen-bond donors (Lipinski definition) is 2. The fourth-order valence-corrected chi connectivity index (χ4v) is 4.80. The van der Waals surface area contributed by atoms with Crippen molar-refractivity contribution < 1.29 is 13.2 Å². The Hall–Kier alpha value is -0.870. The van der Waals surface area contributed by atoms with Crippen molar-refractivity contribution in [3.05, 3.63) is 21.3 Å². The minimum atomic E-state index is -3.37. The van der Waals surface area contributed by atoms with E-state index in [4.69, 9.17) is 16.3 Å². The Morgan fingerprint density at radius 1 is 1.44 bits per heavy atom. The molecule has 1 saturated heterocycles. The normalized spacial score (nSPS) is 18.5. The zero-order valence-electron chi connectivity index (χ0n) is 15.9. The predicted octanol–water partition coefficient (Wildman–Crippen LogP) is 2.29. The number of thiophene rings is 1. The number of hydrogen-bond acceptors (Lipinski definition) is 5. The molecule has 1 unspecified atom stereocenters. The number of sulfonamides is 1. The van der Waals surface area contributed by atoms with Crippen LogP contribution in [0.2, 0.25) is 4.34 Å². The molecule has 1 aliphatic heterocycles. The summed E-state index contributed by atoms with van der Waals surface area (Å²) < 4.78 is 33.3. The smallest absolute Gasteiger partial charge is 0.213 e. The highest BCUT2D eigenvalue weighted by molar-refractivity contribution is 7.89. The zero-order chi connectivity index (χ0) is 19.7. The van der Waals surface area contributed by atoms with E-state index in [0.29, 0.717) is 32.2 Å². The monoisotopic (exact) mass is 436 g/mol. The largest absolute Gasteiger partial charge is 0.377 e. The number of rotatable bonds is 9. The van der Waals surface area contributed by atoms with E-state index in [0.717, 1.165) is 28.5 Å². The van der Waals surface area contributed by atoms with Gasteiger partial charge in [0.2, 0.25) is 10.0 Å². The molecule has 0 bridgehead atoms. The van der Waals surface area contributed by atoms with Crippen LogP contribution in [0.5, 0.6) is 0 Å².